The predicted molar refractivity (Wildman–Crippen MR) is 122 cm³/mol. The highest BCUT2D eigenvalue weighted by atomic mass is 16.6. The standard InChI is InChI=1S/C25H50O4/c1-3-5-7-9-11-12-13-14-16-18-20-27-21-22-28-23-24-29-25(26)19-17-15-10-8-6-4-2/h3-24H2,1-2H3. The first-order valence-corrected chi connectivity index (χ1v) is 12.6. The molecule has 174 valence electrons. The Bertz CT molecular complexity index is 320. The zero-order valence-electron chi connectivity index (χ0n) is 19.7. The largest absolute Gasteiger partial charge is 0.463 e. The van der Waals surface area contributed by atoms with E-state index in [1.807, 2.05) is 0 Å². The molecule has 0 amide bonds. The summed E-state index contributed by atoms with van der Waals surface area (Å²) in [6.45, 7) is 7.33. The van der Waals surface area contributed by atoms with Crippen molar-refractivity contribution >= 4 is 5.97 Å². The fourth-order valence-electron chi connectivity index (χ4n) is 3.35. The lowest BCUT2D eigenvalue weighted by molar-refractivity contribution is -0.145. The highest BCUT2D eigenvalue weighted by Gasteiger charge is 2.02. The van der Waals surface area contributed by atoms with Gasteiger partial charge >= 0.3 is 5.97 Å². The van der Waals surface area contributed by atoms with Gasteiger partial charge in [-0.25, -0.2) is 0 Å². The Kier molecular flexibility index (Phi) is 24.9. The van der Waals surface area contributed by atoms with Gasteiger partial charge in [-0.15, -0.1) is 0 Å². The molecule has 0 aliphatic rings. The highest BCUT2D eigenvalue weighted by Crippen LogP contribution is 2.10. The van der Waals surface area contributed by atoms with Crippen molar-refractivity contribution in [2.75, 3.05) is 33.0 Å². The van der Waals surface area contributed by atoms with Crippen molar-refractivity contribution in [2.24, 2.45) is 0 Å². The van der Waals surface area contributed by atoms with E-state index in [-0.39, 0.29) is 5.97 Å². The fourth-order valence-corrected chi connectivity index (χ4v) is 3.35. The second-order valence-corrected chi connectivity index (χ2v) is 8.14. The summed E-state index contributed by atoms with van der Waals surface area (Å²) in [6, 6.07) is 0. The summed E-state index contributed by atoms with van der Waals surface area (Å²) >= 11 is 0. The maximum atomic E-state index is 11.6. The molecule has 4 heteroatoms. The van der Waals surface area contributed by atoms with E-state index < -0.39 is 0 Å². The quantitative estimate of drug-likeness (QED) is 0.123. The van der Waals surface area contributed by atoms with Crippen LogP contribution in [0.2, 0.25) is 0 Å². The maximum absolute atomic E-state index is 11.6. The Labute approximate surface area is 181 Å². The molecule has 0 rings (SSSR count). The summed E-state index contributed by atoms with van der Waals surface area (Å²) in [5.41, 5.74) is 0. The maximum Gasteiger partial charge on any atom is 0.305 e. The van der Waals surface area contributed by atoms with E-state index in [4.69, 9.17) is 14.2 Å². The van der Waals surface area contributed by atoms with Crippen molar-refractivity contribution < 1.29 is 19.0 Å². The fraction of sp³-hybridized carbons (Fsp3) is 0.960. The molecule has 4 nitrogen and oxygen atoms in total. The number of hydrogen-bond donors (Lipinski definition) is 0. The number of esters is 1. The molecule has 0 N–H and O–H groups in total. The van der Waals surface area contributed by atoms with E-state index >= 15 is 0 Å². The third kappa shape index (κ3) is 25.4. The summed E-state index contributed by atoms with van der Waals surface area (Å²) < 4.78 is 16.2. The van der Waals surface area contributed by atoms with Crippen LogP contribution in [0.15, 0.2) is 0 Å². The number of ether oxygens (including phenoxy) is 3. The summed E-state index contributed by atoms with van der Waals surface area (Å²) in [6.07, 6.45) is 21.1. The Balaban J connectivity index is 3.10. The van der Waals surface area contributed by atoms with Crippen LogP contribution in [0.4, 0.5) is 0 Å². The Hall–Kier alpha value is -0.610. The van der Waals surface area contributed by atoms with Gasteiger partial charge < -0.3 is 14.2 Å². The van der Waals surface area contributed by atoms with Gasteiger partial charge in [-0.1, -0.05) is 104 Å². The molecule has 0 aromatic carbocycles. The number of carbonyl (C=O) groups is 1. The molecule has 0 bridgehead atoms. The third-order valence-electron chi connectivity index (χ3n) is 5.24. The van der Waals surface area contributed by atoms with Gasteiger partial charge in [-0.3, -0.25) is 4.79 Å². The second kappa shape index (κ2) is 25.4. The summed E-state index contributed by atoms with van der Waals surface area (Å²) in [5, 5.41) is 0. The minimum Gasteiger partial charge on any atom is -0.463 e. The minimum absolute atomic E-state index is 0.0960. The number of rotatable bonds is 24. The van der Waals surface area contributed by atoms with Gasteiger partial charge in [-0.2, -0.15) is 0 Å². The first-order chi connectivity index (χ1) is 14.3. The molecule has 0 radical (unpaired) electrons. The summed E-state index contributed by atoms with van der Waals surface area (Å²) in [5.74, 6) is -0.0960. The molecule has 0 saturated heterocycles. The van der Waals surface area contributed by atoms with Crippen LogP contribution < -0.4 is 0 Å². The van der Waals surface area contributed by atoms with Crippen LogP contribution in [0, 0.1) is 0 Å². The molecule has 0 fully saturated rings. The van der Waals surface area contributed by atoms with Gasteiger partial charge in [-0.05, 0) is 12.8 Å². The molecule has 29 heavy (non-hydrogen) atoms. The molecule has 0 aliphatic carbocycles. The zero-order valence-corrected chi connectivity index (χ0v) is 19.7. The minimum atomic E-state index is -0.0960. The molecule has 0 atom stereocenters. The zero-order chi connectivity index (χ0) is 21.3. The van der Waals surface area contributed by atoms with Gasteiger partial charge in [0.1, 0.15) is 6.61 Å². The van der Waals surface area contributed by atoms with E-state index in [1.54, 1.807) is 0 Å². The highest BCUT2D eigenvalue weighted by molar-refractivity contribution is 5.69. The molecule has 0 saturated carbocycles. The first kappa shape index (κ1) is 28.4. The molecular weight excluding hydrogens is 364 g/mol. The van der Waals surface area contributed by atoms with Crippen molar-refractivity contribution in [3.05, 3.63) is 0 Å². The van der Waals surface area contributed by atoms with Crippen molar-refractivity contribution in [1.82, 2.24) is 0 Å². The van der Waals surface area contributed by atoms with Crippen LogP contribution in [0.5, 0.6) is 0 Å². The van der Waals surface area contributed by atoms with Crippen LogP contribution in [-0.2, 0) is 19.0 Å². The molecule has 0 aliphatic heterocycles. The van der Waals surface area contributed by atoms with E-state index in [2.05, 4.69) is 13.8 Å². The monoisotopic (exact) mass is 414 g/mol. The molecule has 0 aromatic heterocycles. The van der Waals surface area contributed by atoms with Gasteiger partial charge in [0.05, 0.1) is 19.8 Å². The van der Waals surface area contributed by atoms with Crippen molar-refractivity contribution in [3.63, 3.8) is 0 Å². The van der Waals surface area contributed by atoms with Crippen LogP contribution >= 0.6 is 0 Å². The first-order valence-electron chi connectivity index (χ1n) is 12.6. The lowest BCUT2D eigenvalue weighted by Crippen LogP contribution is -2.13. The smallest absolute Gasteiger partial charge is 0.305 e. The Morgan fingerprint density at radius 2 is 0.897 bits per heavy atom. The van der Waals surface area contributed by atoms with Gasteiger partial charge in [0.2, 0.25) is 0 Å². The molecular formula is C25H50O4. The Morgan fingerprint density at radius 1 is 0.483 bits per heavy atom. The van der Waals surface area contributed by atoms with Crippen LogP contribution in [0.3, 0.4) is 0 Å². The Morgan fingerprint density at radius 3 is 1.45 bits per heavy atom. The van der Waals surface area contributed by atoms with E-state index in [9.17, 15) is 4.79 Å². The number of hydrogen-bond acceptors (Lipinski definition) is 4. The number of unbranched alkanes of at least 4 members (excludes halogenated alkanes) is 14. The van der Waals surface area contributed by atoms with Crippen LogP contribution in [0.1, 0.15) is 123 Å². The molecule has 0 heterocycles. The van der Waals surface area contributed by atoms with Crippen LogP contribution in [0.25, 0.3) is 0 Å². The van der Waals surface area contributed by atoms with Crippen molar-refractivity contribution in [1.29, 1.82) is 0 Å². The van der Waals surface area contributed by atoms with Crippen molar-refractivity contribution in [3.8, 4) is 0 Å². The summed E-state index contributed by atoms with van der Waals surface area (Å²) in [4.78, 5) is 11.6. The van der Waals surface area contributed by atoms with E-state index in [0.29, 0.717) is 32.8 Å². The topological polar surface area (TPSA) is 44.8 Å². The predicted octanol–water partition coefficient (Wildman–Crippen LogP) is 7.23. The lowest BCUT2D eigenvalue weighted by Gasteiger charge is -2.07. The average molecular weight is 415 g/mol. The SMILES string of the molecule is CCCCCCCCCCCCOCCOCCOC(=O)CCCCCCCC. The van der Waals surface area contributed by atoms with Crippen molar-refractivity contribution in [2.45, 2.75) is 123 Å². The van der Waals surface area contributed by atoms with E-state index in [0.717, 1.165) is 25.9 Å². The molecule has 0 aromatic rings. The van der Waals surface area contributed by atoms with E-state index in [1.165, 1.54) is 83.5 Å². The van der Waals surface area contributed by atoms with Crippen LogP contribution in [-0.4, -0.2) is 39.0 Å². The lowest BCUT2D eigenvalue weighted by atomic mass is 10.1. The molecule has 0 spiro atoms. The average Bonchev–Trinajstić information content (AvgIpc) is 2.73. The second-order valence-electron chi connectivity index (χ2n) is 8.14. The number of carbonyl (C=O) groups excluding carboxylic acids is 1. The van der Waals surface area contributed by atoms with Gasteiger partial charge in [0, 0.05) is 13.0 Å². The summed E-state index contributed by atoms with van der Waals surface area (Å²) in [7, 11) is 0. The van der Waals surface area contributed by atoms with Gasteiger partial charge in [0.15, 0.2) is 0 Å². The molecule has 0 unspecified atom stereocenters. The normalized spacial score (nSPS) is 11.1. The van der Waals surface area contributed by atoms with Gasteiger partial charge in [0.25, 0.3) is 0 Å². The third-order valence-corrected chi connectivity index (χ3v) is 5.24.